The van der Waals surface area contributed by atoms with E-state index < -0.39 is 10.0 Å². The lowest BCUT2D eigenvalue weighted by Gasteiger charge is -2.19. The number of hydrogen-bond acceptors (Lipinski definition) is 3. The number of nitrogens with one attached hydrogen (secondary N) is 1. The first kappa shape index (κ1) is 13.8. The zero-order chi connectivity index (χ0) is 13.2. The molecule has 1 aliphatic carbocycles. The van der Waals surface area contributed by atoms with Crippen LogP contribution in [0.1, 0.15) is 19.3 Å². The monoisotopic (exact) mass is 288 g/mol. The van der Waals surface area contributed by atoms with Crippen molar-refractivity contribution in [1.29, 1.82) is 0 Å². The summed E-state index contributed by atoms with van der Waals surface area (Å²) in [4.78, 5) is 0.206. The molecule has 100 valence electrons. The molecule has 2 unspecified atom stereocenters. The van der Waals surface area contributed by atoms with Crippen LogP contribution < -0.4 is 10.5 Å². The van der Waals surface area contributed by atoms with Crippen molar-refractivity contribution >= 4 is 21.6 Å². The van der Waals surface area contributed by atoms with Gasteiger partial charge in [-0.1, -0.05) is 24.1 Å². The fraction of sp³-hybridized carbons (Fsp3) is 0.500. The average molecular weight is 289 g/mol. The Morgan fingerprint density at radius 2 is 2.17 bits per heavy atom. The molecule has 1 fully saturated rings. The highest BCUT2D eigenvalue weighted by molar-refractivity contribution is 7.89. The number of benzene rings is 1. The summed E-state index contributed by atoms with van der Waals surface area (Å²) in [5.41, 5.74) is 5.65. The molecule has 0 saturated heterocycles. The molecule has 0 amide bonds. The molecule has 0 heterocycles. The van der Waals surface area contributed by atoms with Gasteiger partial charge in [0.1, 0.15) is 0 Å². The van der Waals surface area contributed by atoms with Gasteiger partial charge in [0, 0.05) is 11.1 Å². The predicted molar refractivity (Wildman–Crippen MR) is 72.0 cm³/mol. The van der Waals surface area contributed by atoms with Crippen LogP contribution in [-0.2, 0) is 10.0 Å². The van der Waals surface area contributed by atoms with Crippen molar-refractivity contribution < 1.29 is 8.42 Å². The molecule has 2 atom stereocenters. The highest BCUT2D eigenvalue weighted by Gasteiger charge is 2.30. The molecule has 1 aliphatic rings. The first-order valence-corrected chi connectivity index (χ1v) is 7.87. The van der Waals surface area contributed by atoms with Crippen LogP contribution in [0.4, 0.5) is 0 Å². The smallest absolute Gasteiger partial charge is 0.240 e. The lowest BCUT2D eigenvalue weighted by Crippen LogP contribution is -2.39. The van der Waals surface area contributed by atoms with Crippen LogP contribution in [0.15, 0.2) is 29.2 Å². The number of sulfonamides is 1. The first-order chi connectivity index (χ1) is 8.53. The van der Waals surface area contributed by atoms with Crippen molar-refractivity contribution in [1.82, 2.24) is 4.72 Å². The molecular formula is C12H17ClN2O2S. The number of hydrogen-bond donors (Lipinski definition) is 2. The quantitative estimate of drug-likeness (QED) is 0.886. The van der Waals surface area contributed by atoms with Crippen molar-refractivity contribution in [3.05, 3.63) is 29.3 Å². The van der Waals surface area contributed by atoms with E-state index in [1.54, 1.807) is 18.2 Å². The van der Waals surface area contributed by atoms with E-state index in [1.165, 1.54) is 6.07 Å². The Balaban J connectivity index is 2.17. The van der Waals surface area contributed by atoms with Gasteiger partial charge in [0.15, 0.2) is 0 Å². The number of halogens is 1. The molecule has 0 aromatic heterocycles. The number of rotatable bonds is 4. The normalized spacial score (nSPS) is 24.3. The van der Waals surface area contributed by atoms with Crippen LogP contribution in [0.2, 0.25) is 5.02 Å². The predicted octanol–water partition coefficient (Wildman–Crippen LogP) is 1.75. The molecule has 2 rings (SSSR count). The second kappa shape index (κ2) is 5.57. The van der Waals surface area contributed by atoms with E-state index >= 15 is 0 Å². The van der Waals surface area contributed by atoms with E-state index in [-0.39, 0.29) is 16.9 Å². The zero-order valence-electron chi connectivity index (χ0n) is 9.97. The molecule has 0 spiro atoms. The SMILES string of the molecule is NCC1CCCC1NS(=O)(=O)c1cccc(Cl)c1. The fourth-order valence-corrected chi connectivity index (χ4v) is 4.02. The summed E-state index contributed by atoms with van der Waals surface area (Å²) in [5, 5.41) is 0.416. The van der Waals surface area contributed by atoms with Gasteiger partial charge in [0.05, 0.1) is 4.90 Å². The minimum atomic E-state index is -3.50. The van der Waals surface area contributed by atoms with Crippen molar-refractivity contribution in [3.8, 4) is 0 Å². The van der Waals surface area contributed by atoms with E-state index in [2.05, 4.69) is 4.72 Å². The molecule has 4 nitrogen and oxygen atoms in total. The van der Waals surface area contributed by atoms with Crippen LogP contribution in [-0.4, -0.2) is 21.0 Å². The van der Waals surface area contributed by atoms with Gasteiger partial charge in [-0.2, -0.15) is 0 Å². The molecule has 1 saturated carbocycles. The van der Waals surface area contributed by atoms with Crippen LogP contribution in [0.25, 0.3) is 0 Å². The van der Waals surface area contributed by atoms with Crippen molar-refractivity contribution in [2.24, 2.45) is 11.7 Å². The second-order valence-corrected chi connectivity index (χ2v) is 6.76. The molecule has 3 N–H and O–H groups in total. The van der Waals surface area contributed by atoms with Gasteiger partial charge in [0.25, 0.3) is 0 Å². The molecule has 18 heavy (non-hydrogen) atoms. The summed E-state index contributed by atoms with van der Waals surface area (Å²) >= 11 is 5.81. The van der Waals surface area contributed by atoms with E-state index in [0.29, 0.717) is 11.6 Å². The summed E-state index contributed by atoms with van der Waals surface area (Å²) in [6.07, 6.45) is 2.85. The van der Waals surface area contributed by atoms with E-state index in [1.807, 2.05) is 0 Å². The molecule has 1 aromatic carbocycles. The Bertz CT molecular complexity index is 519. The second-order valence-electron chi connectivity index (χ2n) is 4.61. The third kappa shape index (κ3) is 3.03. The number of nitrogens with two attached hydrogens (primary N) is 1. The molecular weight excluding hydrogens is 272 g/mol. The van der Waals surface area contributed by atoms with Gasteiger partial charge in [-0.15, -0.1) is 0 Å². The lowest BCUT2D eigenvalue weighted by atomic mass is 10.1. The van der Waals surface area contributed by atoms with Crippen LogP contribution >= 0.6 is 11.6 Å². The van der Waals surface area contributed by atoms with Crippen LogP contribution in [0.5, 0.6) is 0 Å². The van der Waals surface area contributed by atoms with Crippen molar-refractivity contribution in [2.45, 2.75) is 30.2 Å². The maximum atomic E-state index is 12.2. The van der Waals surface area contributed by atoms with E-state index in [4.69, 9.17) is 17.3 Å². The lowest BCUT2D eigenvalue weighted by molar-refractivity contribution is 0.453. The zero-order valence-corrected chi connectivity index (χ0v) is 11.5. The Morgan fingerprint density at radius 3 is 2.83 bits per heavy atom. The van der Waals surface area contributed by atoms with Gasteiger partial charge >= 0.3 is 0 Å². The van der Waals surface area contributed by atoms with Gasteiger partial charge in [-0.05, 0) is 43.5 Å². The van der Waals surface area contributed by atoms with Crippen LogP contribution in [0, 0.1) is 5.92 Å². The highest BCUT2D eigenvalue weighted by atomic mass is 35.5. The molecule has 1 aromatic rings. The minimum Gasteiger partial charge on any atom is -0.330 e. The Morgan fingerprint density at radius 1 is 1.39 bits per heavy atom. The van der Waals surface area contributed by atoms with E-state index in [9.17, 15) is 8.42 Å². The summed E-state index contributed by atoms with van der Waals surface area (Å²) < 4.78 is 27.1. The summed E-state index contributed by atoms with van der Waals surface area (Å²) in [6.45, 7) is 0.517. The van der Waals surface area contributed by atoms with Crippen molar-refractivity contribution in [3.63, 3.8) is 0 Å². The third-order valence-electron chi connectivity index (χ3n) is 3.37. The van der Waals surface area contributed by atoms with Gasteiger partial charge < -0.3 is 5.73 Å². The minimum absolute atomic E-state index is 0.0565. The molecule has 0 bridgehead atoms. The van der Waals surface area contributed by atoms with Gasteiger partial charge in [0.2, 0.25) is 10.0 Å². The Labute approximate surface area is 113 Å². The summed E-state index contributed by atoms with van der Waals surface area (Å²) in [6, 6.07) is 6.22. The largest absolute Gasteiger partial charge is 0.330 e. The molecule has 6 heteroatoms. The van der Waals surface area contributed by atoms with Crippen molar-refractivity contribution in [2.75, 3.05) is 6.54 Å². The topological polar surface area (TPSA) is 72.2 Å². The summed E-state index contributed by atoms with van der Waals surface area (Å²) in [7, 11) is -3.50. The Hall–Kier alpha value is -0.620. The third-order valence-corrected chi connectivity index (χ3v) is 5.10. The van der Waals surface area contributed by atoms with E-state index in [0.717, 1.165) is 19.3 Å². The molecule has 0 aliphatic heterocycles. The Kier molecular flexibility index (Phi) is 4.27. The molecule has 0 radical (unpaired) electrons. The van der Waals surface area contributed by atoms with Gasteiger partial charge in [-0.25, -0.2) is 13.1 Å². The maximum Gasteiger partial charge on any atom is 0.240 e. The highest BCUT2D eigenvalue weighted by Crippen LogP contribution is 2.26. The fourth-order valence-electron chi connectivity index (χ4n) is 2.38. The average Bonchev–Trinajstić information content (AvgIpc) is 2.75. The van der Waals surface area contributed by atoms with Gasteiger partial charge in [-0.3, -0.25) is 0 Å². The standard InChI is InChI=1S/C12H17ClN2O2S/c13-10-4-2-5-11(7-10)18(16,17)15-12-6-1-3-9(12)8-14/h2,4-5,7,9,12,15H,1,3,6,8,14H2. The van der Waals surface area contributed by atoms with Crippen LogP contribution in [0.3, 0.4) is 0 Å². The first-order valence-electron chi connectivity index (χ1n) is 6.01. The maximum absolute atomic E-state index is 12.2. The summed E-state index contributed by atoms with van der Waals surface area (Å²) in [5.74, 6) is 0.235.